The zero-order valence-corrected chi connectivity index (χ0v) is 35.5. The molecule has 6 rings (SSSR count). The second kappa shape index (κ2) is 18.1. The van der Waals surface area contributed by atoms with Crippen molar-refractivity contribution in [3.63, 3.8) is 0 Å². The van der Waals surface area contributed by atoms with Gasteiger partial charge in [0.2, 0.25) is 23.6 Å². The van der Waals surface area contributed by atoms with E-state index in [9.17, 15) is 28.0 Å². The summed E-state index contributed by atoms with van der Waals surface area (Å²) in [7, 11) is 1.45. The summed E-state index contributed by atoms with van der Waals surface area (Å²) >= 11 is 0. The predicted molar refractivity (Wildman–Crippen MR) is 229 cm³/mol. The zero-order chi connectivity index (χ0) is 45.3. The molecular weight excluding hydrogens is 801 g/mol. The fourth-order valence-electron chi connectivity index (χ4n) is 7.97. The molecule has 14 heteroatoms. The van der Waals surface area contributed by atoms with E-state index in [-0.39, 0.29) is 36.2 Å². The molecule has 0 aromatic heterocycles. The minimum atomic E-state index is -1.52. The summed E-state index contributed by atoms with van der Waals surface area (Å²) in [6.07, 6.45) is 3.24. The van der Waals surface area contributed by atoms with Gasteiger partial charge in [0.1, 0.15) is 23.3 Å². The number of nitrogens with two attached hydrogens (primary N) is 2. The minimum absolute atomic E-state index is 0.00844. The molecule has 0 aliphatic carbocycles. The van der Waals surface area contributed by atoms with Crippen molar-refractivity contribution in [2.75, 3.05) is 20.1 Å². The Morgan fingerprint density at radius 1 is 0.661 bits per heavy atom. The lowest BCUT2D eigenvalue weighted by atomic mass is 9.82. The van der Waals surface area contributed by atoms with Gasteiger partial charge < -0.3 is 31.9 Å². The maximum absolute atomic E-state index is 16.0. The quantitative estimate of drug-likeness (QED) is 0.115. The molecule has 2 aliphatic rings. The third kappa shape index (κ3) is 9.07. The topological polar surface area (TPSA) is 151 Å². The van der Waals surface area contributed by atoms with Crippen LogP contribution in [0.25, 0.3) is 11.1 Å². The monoisotopic (exact) mass is 852 g/mol. The number of carbonyl (C=O) groups excluding carboxylic acids is 4. The van der Waals surface area contributed by atoms with Crippen LogP contribution in [-0.2, 0) is 25.6 Å². The molecule has 4 amide bonds. The molecule has 4 aromatic carbocycles. The van der Waals surface area contributed by atoms with Gasteiger partial charge >= 0.3 is 0 Å². The number of benzene rings is 4. The van der Waals surface area contributed by atoms with Gasteiger partial charge in [0, 0.05) is 37.3 Å². The number of amides is 4. The molecule has 2 heterocycles. The molecule has 5 atom stereocenters. The number of hydrogen-bond acceptors (Lipinski definition) is 6. The molecule has 0 bridgehead atoms. The number of hydrogen-bond donors (Lipinski definition) is 4. The number of rotatable bonds is 13. The third-order valence-corrected chi connectivity index (χ3v) is 12.1. The fraction of sp³-hybridized carbons (Fsp3) is 0.333. The van der Waals surface area contributed by atoms with Crippen molar-refractivity contribution >= 4 is 34.8 Å². The van der Waals surface area contributed by atoms with Crippen LogP contribution in [0, 0.1) is 34.1 Å². The van der Waals surface area contributed by atoms with E-state index >= 15 is 8.78 Å². The Kier molecular flexibility index (Phi) is 13.2. The highest BCUT2D eigenvalue weighted by molar-refractivity contribution is 5.95. The zero-order valence-electron chi connectivity index (χ0n) is 35.5. The third-order valence-electron chi connectivity index (χ3n) is 12.1. The van der Waals surface area contributed by atoms with Crippen LogP contribution in [0.2, 0.25) is 0 Å². The second-order valence-corrected chi connectivity index (χ2v) is 17.1. The van der Waals surface area contributed by atoms with E-state index in [1.807, 2.05) is 6.07 Å². The summed E-state index contributed by atoms with van der Waals surface area (Å²) in [4.78, 5) is 57.4. The molecule has 0 spiro atoms. The van der Waals surface area contributed by atoms with Gasteiger partial charge in [-0.15, -0.1) is 0 Å². The normalized spacial score (nSPS) is 18.1. The Bertz CT molecular complexity index is 2420. The van der Waals surface area contributed by atoms with Crippen LogP contribution >= 0.6 is 0 Å². The number of carbonyl (C=O) groups is 4. The molecule has 0 radical (unpaired) electrons. The van der Waals surface area contributed by atoms with Crippen molar-refractivity contribution in [3.8, 4) is 0 Å². The Labute approximate surface area is 359 Å². The molecule has 6 N–H and O–H groups in total. The van der Waals surface area contributed by atoms with Crippen molar-refractivity contribution in [1.29, 1.82) is 0 Å². The minimum Gasteiger partial charge on any atom is -0.359 e. The molecule has 10 nitrogen and oxygen atoms in total. The van der Waals surface area contributed by atoms with Gasteiger partial charge in [-0.1, -0.05) is 72.8 Å². The molecule has 0 unspecified atom stereocenters. The van der Waals surface area contributed by atoms with Gasteiger partial charge in [0.25, 0.3) is 0 Å². The van der Waals surface area contributed by atoms with Crippen LogP contribution in [0.4, 0.5) is 17.6 Å². The average molecular weight is 853 g/mol. The van der Waals surface area contributed by atoms with Crippen LogP contribution in [-0.4, -0.2) is 71.7 Å². The highest BCUT2D eigenvalue weighted by atomic mass is 19.1. The van der Waals surface area contributed by atoms with E-state index in [4.69, 9.17) is 11.5 Å². The van der Waals surface area contributed by atoms with Gasteiger partial charge in [-0.2, -0.15) is 0 Å². The lowest BCUT2D eigenvalue weighted by molar-refractivity contribution is -0.142. The fourth-order valence-corrected chi connectivity index (χ4v) is 7.97. The summed E-state index contributed by atoms with van der Waals surface area (Å²) in [6.45, 7) is 7.54. The first-order chi connectivity index (χ1) is 29.3. The molecule has 4 aromatic rings. The summed E-state index contributed by atoms with van der Waals surface area (Å²) in [5.74, 6) is -4.98. The van der Waals surface area contributed by atoms with Crippen molar-refractivity contribution in [2.24, 2.45) is 22.3 Å². The van der Waals surface area contributed by atoms with Crippen LogP contribution < -0.4 is 22.1 Å². The van der Waals surface area contributed by atoms with Gasteiger partial charge in [-0.3, -0.25) is 19.2 Å². The molecule has 0 fully saturated rings. The smallest absolute Gasteiger partial charge is 0.241 e. The first-order valence-electron chi connectivity index (χ1n) is 20.4. The predicted octanol–water partition coefficient (Wildman–Crippen LogP) is 6.38. The summed E-state index contributed by atoms with van der Waals surface area (Å²) in [5.41, 5.74) is 12.2. The van der Waals surface area contributed by atoms with E-state index in [0.717, 1.165) is 30.3 Å². The van der Waals surface area contributed by atoms with Crippen LogP contribution in [0.5, 0.6) is 0 Å². The lowest BCUT2D eigenvalue weighted by Crippen LogP contribution is -2.57. The lowest BCUT2D eigenvalue weighted by Gasteiger charge is -2.35. The molecule has 0 saturated carbocycles. The van der Waals surface area contributed by atoms with Crippen LogP contribution in [0.1, 0.15) is 74.5 Å². The van der Waals surface area contributed by atoms with Crippen molar-refractivity contribution in [1.82, 2.24) is 20.4 Å². The van der Waals surface area contributed by atoms with Gasteiger partial charge in [0.05, 0.1) is 35.0 Å². The van der Waals surface area contributed by atoms with Crippen molar-refractivity contribution in [3.05, 3.63) is 154 Å². The largest absolute Gasteiger partial charge is 0.359 e. The summed E-state index contributed by atoms with van der Waals surface area (Å²) < 4.78 is 61.0. The van der Waals surface area contributed by atoms with Crippen LogP contribution in [0.15, 0.2) is 103 Å². The maximum atomic E-state index is 16.0. The van der Waals surface area contributed by atoms with Gasteiger partial charge in [0.15, 0.2) is 0 Å². The highest BCUT2D eigenvalue weighted by Crippen LogP contribution is 2.39. The maximum Gasteiger partial charge on any atom is 0.241 e. The first kappa shape index (κ1) is 45.4. The molecule has 62 heavy (non-hydrogen) atoms. The van der Waals surface area contributed by atoms with Gasteiger partial charge in [-0.05, 0) is 99.2 Å². The van der Waals surface area contributed by atoms with Gasteiger partial charge in [-0.25, -0.2) is 17.6 Å². The Morgan fingerprint density at radius 2 is 1.13 bits per heavy atom. The molecular formula is C48H52F4N6O4. The Balaban J connectivity index is 1.16. The van der Waals surface area contributed by atoms with Crippen molar-refractivity contribution in [2.45, 2.75) is 71.2 Å². The Morgan fingerprint density at radius 3 is 1.61 bits per heavy atom. The first-order valence-corrected chi connectivity index (χ1v) is 20.4. The van der Waals surface area contributed by atoms with E-state index in [1.54, 1.807) is 87.5 Å². The number of halogens is 4. The highest BCUT2D eigenvalue weighted by Gasteiger charge is 2.45. The van der Waals surface area contributed by atoms with E-state index in [1.165, 1.54) is 30.7 Å². The molecule has 0 saturated heterocycles. The second-order valence-electron chi connectivity index (χ2n) is 17.1. The van der Waals surface area contributed by atoms with Crippen LogP contribution in [0.3, 0.4) is 0 Å². The molecule has 326 valence electrons. The van der Waals surface area contributed by atoms with E-state index in [0.29, 0.717) is 22.3 Å². The summed E-state index contributed by atoms with van der Waals surface area (Å²) in [5, 5.41) is 5.34. The SMILES string of the molecule is CNC(=O)C(C)(C)[C@H](N)C(=O)N1CC(c2cc(F)c(C[C@@H](C)NC(=O)C(C)(C)[C@H](N)C(=O)N3CC(c4cc(F)ccc4F)=C[C@H]3c3ccccc3)cc2F)=C[C@H]1c1ccccc1. The molecule has 2 aliphatic heterocycles. The Hall–Kier alpha value is -6.12. The number of nitrogens with zero attached hydrogens (tertiary/aromatic N) is 2. The van der Waals surface area contributed by atoms with E-state index in [2.05, 4.69) is 10.6 Å². The standard InChI is InChI=1S/C48H52F4N6O4/c1-27(56-46(62)48(4,5)42(54)44(60)57-25-31(34-23-33(49)17-18-36(34)50)21-39(57)28-13-9-7-10-14-28)19-30-20-38(52)35(24-37(30)51)32-22-40(29-15-11-8-12-16-29)58(26-32)43(59)41(53)47(2,3)45(61)55-6/h7-18,20-24,27,39-42H,19,25-26,53-54H2,1-6H3,(H,55,61)(H,56,62)/t27-,39+,40+,41-,42-/m1/s1. The number of nitrogens with one attached hydrogen (secondary N) is 2. The van der Waals surface area contributed by atoms with Crippen molar-refractivity contribution < 1.29 is 36.7 Å². The van der Waals surface area contributed by atoms with E-state index < -0.39 is 87.9 Å². The summed E-state index contributed by atoms with van der Waals surface area (Å²) in [6, 6.07) is 18.4. The average Bonchev–Trinajstić information content (AvgIpc) is 3.91.